The summed E-state index contributed by atoms with van der Waals surface area (Å²) in [6.07, 6.45) is -0.471. The van der Waals surface area contributed by atoms with Gasteiger partial charge in [-0.3, -0.25) is 4.79 Å². The van der Waals surface area contributed by atoms with E-state index in [2.05, 4.69) is 5.32 Å². The Morgan fingerprint density at radius 2 is 1.37 bits per heavy atom. The summed E-state index contributed by atoms with van der Waals surface area (Å²) in [4.78, 5) is 25.0. The molecule has 0 saturated heterocycles. The van der Waals surface area contributed by atoms with Gasteiger partial charge in [-0.2, -0.15) is 0 Å². The monoisotopic (exact) mass is 441 g/mol. The molecule has 0 bridgehead atoms. The molecular formula is C24H21Cl2NO3. The zero-order valence-corrected chi connectivity index (χ0v) is 17.9. The highest BCUT2D eigenvalue weighted by molar-refractivity contribution is 6.31. The summed E-state index contributed by atoms with van der Waals surface area (Å²) < 4.78 is 5.70. The SMILES string of the molecule is CC(OC(=O)c1ccc(Cl)cc1)C(CNC(=O)c1ccc(Cl)cc1)c1ccccc1. The van der Waals surface area contributed by atoms with E-state index in [9.17, 15) is 9.59 Å². The van der Waals surface area contributed by atoms with E-state index >= 15 is 0 Å². The third kappa shape index (κ3) is 5.85. The Morgan fingerprint density at radius 3 is 1.93 bits per heavy atom. The van der Waals surface area contributed by atoms with Gasteiger partial charge in [0.25, 0.3) is 5.91 Å². The number of benzene rings is 3. The quantitative estimate of drug-likeness (QED) is 0.474. The largest absolute Gasteiger partial charge is 0.458 e. The number of halogens is 2. The molecule has 30 heavy (non-hydrogen) atoms. The summed E-state index contributed by atoms with van der Waals surface area (Å²) in [5.41, 5.74) is 1.89. The molecule has 0 aliphatic carbocycles. The molecule has 3 aromatic rings. The van der Waals surface area contributed by atoms with Gasteiger partial charge in [0, 0.05) is 28.1 Å². The van der Waals surface area contributed by atoms with E-state index in [4.69, 9.17) is 27.9 Å². The first-order chi connectivity index (χ1) is 14.4. The Morgan fingerprint density at radius 1 is 0.833 bits per heavy atom. The normalized spacial score (nSPS) is 12.6. The molecule has 3 rings (SSSR count). The smallest absolute Gasteiger partial charge is 0.338 e. The summed E-state index contributed by atoms with van der Waals surface area (Å²) in [6.45, 7) is 2.13. The van der Waals surface area contributed by atoms with Crippen LogP contribution in [0.2, 0.25) is 10.0 Å². The van der Waals surface area contributed by atoms with Crippen LogP contribution in [0.25, 0.3) is 0 Å². The fourth-order valence-electron chi connectivity index (χ4n) is 3.07. The third-order valence-electron chi connectivity index (χ3n) is 4.76. The fourth-order valence-corrected chi connectivity index (χ4v) is 3.32. The Hall–Kier alpha value is -2.82. The summed E-state index contributed by atoms with van der Waals surface area (Å²) >= 11 is 11.8. The molecule has 3 aromatic carbocycles. The number of hydrogen-bond donors (Lipinski definition) is 1. The second-order valence-electron chi connectivity index (χ2n) is 6.85. The molecular weight excluding hydrogens is 421 g/mol. The molecule has 6 heteroatoms. The van der Waals surface area contributed by atoms with Crippen LogP contribution in [0.1, 0.15) is 39.1 Å². The van der Waals surface area contributed by atoms with Crippen molar-refractivity contribution < 1.29 is 14.3 Å². The molecule has 0 aliphatic rings. The number of nitrogens with one attached hydrogen (secondary N) is 1. The lowest BCUT2D eigenvalue weighted by Gasteiger charge is -2.25. The Balaban J connectivity index is 1.71. The zero-order chi connectivity index (χ0) is 21.5. The van der Waals surface area contributed by atoms with Gasteiger partial charge in [0.2, 0.25) is 0 Å². The fraction of sp³-hybridized carbons (Fsp3) is 0.167. The van der Waals surface area contributed by atoms with Crippen LogP contribution in [-0.4, -0.2) is 24.5 Å². The average molecular weight is 442 g/mol. The van der Waals surface area contributed by atoms with Crippen LogP contribution in [0.5, 0.6) is 0 Å². The molecule has 4 nitrogen and oxygen atoms in total. The topological polar surface area (TPSA) is 55.4 Å². The van der Waals surface area contributed by atoms with E-state index in [1.807, 2.05) is 37.3 Å². The predicted octanol–water partition coefficient (Wildman–Crippen LogP) is 5.75. The van der Waals surface area contributed by atoms with Crippen molar-refractivity contribution in [2.24, 2.45) is 0 Å². The van der Waals surface area contributed by atoms with Crippen molar-refractivity contribution in [2.45, 2.75) is 18.9 Å². The van der Waals surface area contributed by atoms with Crippen LogP contribution in [0.4, 0.5) is 0 Å². The van der Waals surface area contributed by atoms with E-state index in [0.29, 0.717) is 27.7 Å². The van der Waals surface area contributed by atoms with Gasteiger partial charge in [-0.25, -0.2) is 4.79 Å². The molecule has 0 fully saturated rings. The van der Waals surface area contributed by atoms with Crippen molar-refractivity contribution >= 4 is 35.1 Å². The maximum Gasteiger partial charge on any atom is 0.338 e. The molecule has 1 N–H and O–H groups in total. The number of rotatable bonds is 7. The summed E-state index contributed by atoms with van der Waals surface area (Å²) in [5.74, 6) is -0.883. The van der Waals surface area contributed by atoms with E-state index in [1.165, 1.54) is 0 Å². The van der Waals surface area contributed by atoms with Crippen molar-refractivity contribution in [1.82, 2.24) is 5.32 Å². The second-order valence-corrected chi connectivity index (χ2v) is 7.72. The van der Waals surface area contributed by atoms with Crippen molar-refractivity contribution in [3.63, 3.8) is 0 Å². The lowest BCUT2D eigenvalue weighted by atomic mass is 9.94. The van der Waals surface area contributed by atoms with E-state index in [0.717, 1.165) is 5.56 Å². The summed E-state index contributed by atoms with van der Waals surface area (Å²) in [6, 6.07) is 22.8. The van der Waals surface area contributed by atoms with Crippen LogP contribution in [0.3, 0.4) is 0 Å². The van der Waals surface area contributed by atoms with E-state index in [1.54, 1.807) is 48.5 Å². The maximum atomic E-state index is 12.5. The molecule has 1 amide bonds. The Kier molecular flexibility index (Phi) is 7.50. The molecule has 0 aromatic heterocycles. The van der Waals surface area contributed by atoms with Gasteiger partial charge in [0.15, 0.2) is 0 Å². The molecule has 2 unspecified atom stereocenters. The van der Waals surface area contributed by atoms with Crippen LogP contribution >= 0.6 is 23.2 Å². The first-order valence-corrected chi connectivity index (χ1v) is 10.2. The van der Waals surface area contributed by atoms with Crippen molar-refractivity contribution in [3.05, 3.63) is 106 Å². The standard InChI is InChI=1S/C24H21Cl2NO3/c1-16(30-24(29)19-9-13-21(26)14-10-19)22(17-5-3-2-4-6-17)15-27-23(28)18-7-11-20(25)12-8-18/h2-14,16,22H,15H2,1H3,(H,27,28). The number of esters is 1. The Bertz CT molecular complexity index is 989. The van der Waals surface area contributed by atoms with E-state index in [-0.39, 0.29) is 11.8 Å². The van der Waals surface area contributed by atoms with Gasteiger partial charge in [-0.05, 0) is 61.0 Å². The minimum atomic E-state index is -0.471. The number of hydrogen-bond acceptors (Lipinski definition) is 3. The molecule has 154 valence electrons. The van der Waals surface area contributed by atoms with Crippen LogP contribution in [-0.2, 0) is 4.74 Å². The van der Waals surface area contributed by atoms with Crippen LogP contribution in [0, 0.1) is 0 Å². The number of ether oxygens (including phenoxy) is 1. The zero-order valence-electron chi connectivity index (χ0n) is 16.3. The van der Waals surface area contributed by atoms with Gasteiger partial charge >= 0.3 is 5.97 Å². The lowest BCUT2D eigenvalue weighted by molar-refractivity contribution is 0.0281. The molecule has 2 atom stereocenters. The summed E-state index contributed by atoms with van der Waals surface area (Å²) in [7, 11) is 0. The van der Waals surface area contributed by atoms with Crippen LogP contribution < -0.4 is 5.32 Å². The minimum Gasteiger partial charge on any atom is -0.458 e. The Labute approximate surface area is 185 Å². The first-order valence-electron chi connectivity index (χ1n) is 9.49. The van der Waals surface area contributed by atoms with Gasteiger partial charge in [-0.1, -0.05) is 53.5 Å². The molecule has 0 aliphatic heterocycles. The van der Waals surface area contributed by atoms with Crippen molar-refractivity contribution in [1.29, 1.82) is 0 Å². The van der Waals surface area contributed by atoms with Crippen LogP contribution in [0.15, 0.2) is 78.9 Å². The number of carbonyl (C=O) groups is 2. The minimum absolute atomic E-state index is 0.219. The second kappa shape index (κ2) is 10.3. The molecule has 0 spiro atoms. The maximum absolute atomic E-state index is 12.5. The van der Waals surface area contributed by atoms with Gasteiger partial charge < -0.3 is 10.1 Å². The van der Waals surface area contributed by atoms with Crippen molar-refractivity contribution in [3.8, 4) is 0 Å². The van der Waals surface area contributed by atoms with Gasteiger partial charge in [-0.15, -0.1) is 0 Å². The lowest BCUT2D eigenvalue weighted by Crippen LogP contribution is -2.34. The highest BCUT2D eigenvalue weighted by atomic mass is 35.5. The first kappa shape index (κ1) is 21.9. The molecule has 0 saturated carbocycles. The summed E-state index contributed by atoms with van der Waals surface area (Å²) in [5, 5.41) is 4.04. The number of amides is 1. The van der Waals surface area contributed by atoms with E-state index < -0.39 is 12.1 Å². The van der Waals surface area contributed by atoms with Gasteiger partial charge in [0.1, 0.15) is 6.10 Å². The highest BCUT2D eigenvalue weighted by Gasteiger charge is 2.24. The third-order valence-corrected chi connectivity index (χ3v) is 5.26. The molecule has 0 radical (unpaired) electrons. The van der Waals surface area contributed by atoms with Crippen molar-refractivity contribution in [2.75, 3.05) is 6.54 Å². The molecule has 0 heterocycles. The van der Waals surface area contributed by atoms with Gasteiger partial charge in [0.05, 0.1) is 5.56 Å². The average Bonchev–Trinajstić information content (AvgIpc) is 2.75. The highest BCUT2D eigenvalue weighted by Crippen LogP contribution is 2.23. The predicted molar refractivity (Wildman–Crippen MR) is 119 cm³/mol. The number of carbonyl (C=O) groups excluding carboxylic acids is 2.